The number of carbonyl (C=O) groups excluding carboxylic acids is 1. The van der Waals surface area contributed by atoms with E-state index in [0.29, 0.717) is 5.69 Å². The number of rotatable bonds is 6. The minimum atomic E-state index is -2.28. The van der Waals surface area contributed by atoms with Crippen LogP contribution in [0.5, 0.6) is 5.75 Å². The number of nitrogens with zero attached hydrogens (tertiary/aromatic N) is 2. The van der Waals surface area contributed by atoms with Gasteiger partial charge in [-0.25, -0.2) is 13.2 Å². The van der Waals surface area contributed by atoms with Crippen molar-refractivity contribution in [1.29, 1.82) is 0 Å². The van der Waals surface area contributed by atoms with Crippen LogP contribution in [0.15, 0.2) is 28.8 Å². The Morgan fingerprint density at radius 1 is 1.07 bits per heavy atom. The first-order valence-corrected chi connectivity index (χ1v) is 7.77. The second-order valence-electron chi connectivity index (χ2n) is 5.62. The van der Waals surface area contributed by atoms with Crippen molar-refractivity contribution in [3.63, 3.8) is 0 Å². The maximum Gasteiger partial charge on any atom is 0.287 e. The molecular weight excluding hydrogens is 389 g/mol. The Morgan fingerprint density at radius 2 is 1.71 bits per heavy atom. The molecule has 2 heterocycles. The van der Waals surface area contributed by atoms with E-state index in [2.05, 4.69) is 15.2 Å². The molecule has 0 aliphatic heterocycles. The van der Waals surface area contributed by atoms with Crippen molar-refractivity contribution in [2.24, 2.45) is 7.05 Å². The monoisotopic (exact) mass is 401 g/mol. The van der Waals surface area contributed by atoms with Crippen molar-refractivity contribution in [3.8, 4) is 5.75 Å². The van der Waals surface area contributed by atoms with Gasteiger partial charge in [0.2, 0.25) is 29.1 Å². The smallest absolute Gasteiger partial charge is 0.287 e. The standard InChI is InChI=1S/C17H12F5N3O3/c1-25-5-4-8(24-25)6-23-17(26)10-3-2-9(28-10)7-27-16-14(21)12(19)11(18)13(20)15(16)22/h2-5H,6-7H2,1H3,(H,23,26). The van der Waals surface area contributed by atoms with E-state index in [4.69, 9.17) is 4.42 Å². The van der Waals surface area contributed by atoms with E-state index in [1.807, 2.05) is 0 Å². The number of hydrogen-bond donors (Lipinski definition) is 1. The quantitative estimate of drug-likeness (QED) is 0.391. The molecule has 11 heteroatoms. The average Bonchev–Trinajstić information content (AvgIpc) is 3.32. The van der Waals surface area contributed by atoms with E-state index in [0.717, 1.165) is 0 Å². The number of nitrogens with one attached hydrogen (secondary N) is 1. The molecular formula is C17H12F5N3O3. The Morgan fingerprint density at radius 3 is 2.32 bits per heavy atom. The van der Waals surface area contributed by atoms with E-state index >= 15 is 0 Å². The first-order chi connectivity index (χ1) is 13.3. The molecule has 0 unspecified atom stereocenters. The molecule has 28 heavy (non-hydrogen) atoms. The SMILES string of the molecule is Cn1ccc(CNC(=O)c2ccc(COc3c(F)c(F)c(F)c(F)c3F)o2)n1. The molecule has 0 aliphatic rings. The number of carbonyl (C=O) groups is 1. The van der Waals surface area contributed by atoms with Crippen LogP contribution in [0, 0.1) is 29.1 Å². The molecule has 0 saturated carbocycles. The van der Waals surface area contributed by atoms with Crippen LogP contribution < -0.4 is 10.1 Å². The fourth-order valence-corrected chi connectivity index (χ4v) is 2.25. The van der Waals surface area contributed by atoms with Gasteiger partial charge in [0.05, 0.1) is 12.2 Å². The van der Waals surface area contributed by atoms with Gasteiger partial charge in [-0.2, -0.15) is 13.9 Å². The van der Waals surface area contributed by atoms with Crippen LogP contribution in [0.3, 0.4) is 0 Å². The summed E-state index contributed by atoms with van der Waals surface area (Å²) in [6, 6.07) is 4.23. The number of furan rings is 1. The van der Waals surface area contributed by atoms with Gasteiger partial charge in [-0.15, -0.1) is 0 Å². The predicted molar refractivity (Wildman–Crippen MR) is 83.7 cm³/mol. The van der Waals surface area contributed by atoms with Crippen LogP contribution in [0.4, 0.5) is 22.0 Å². The molecule has 1 amide bonds. The molecule has 148 valence electrons. The van der Waals surface area contributed by atoms with Gasteiger partial charge in [-0.1, -0.05) is 0 Å². The zero-order valence-electron chi connectivity index (χ0n) is 14.2. The second kappa shape index (κ2) is 7.71. The molecule has 1 aromatic carbocycles. The highest BCUT2D eigenvalue weighted by Crippen LogP contribution is 2.29. The summed E-state index contributed by atoms with van der Waals surface area (Å²) in [4.78, 5) is 12.0. The zero-order chi connectivity index (χ0) is 20.4. The first-order valence-electron chi connectivity index (χ1n) is 7.77. The second-order valence-corrected chi connectivity index (χ2v) is 5.62. The van der Waals surface area contributed by atoms with Crippen molar-refractivity contribution in [1.82, 2.24) is 15.1 Å². The van der Waals surface area contributed by atoms with Crippen LogP contribution in [0.1, 0.15) is 22.0 Å². The van der Waals surface area contributed by atoms with Gasteiger partial charge in [0.25, 0.3) is 5.91 Å². The number of amides is 1. The van der Waals surface area contributed by atoms with Gasteiger partial charge in [0.1, 0.15) is 12.4 Å². The van der Waals surface area contributed by atoms with Gasteiger partial charge >= 0.3 is 0 Å². The molecule has 6 nitrogen and oxygen atoms in total. The van der Waals surface area contributed by atoms with Gasteiger partial charge in [0.15, 0.2) is 11.5 Å². The van der Waals surface area contributed by atoms with E-state index in [-0.39, 0.29) is 18.1 Å². The highest BCUT2D eigenvalue weighted by Gasteiger charge is 2.27. The molecule has 3 rings (SSSR count). The van der Waals surface area contributed by atoms with Crippen molar-refractivity contribution in [2.75, 3.05) is 0 Å². The Bertz CT molecular complexity index is 1000. The number of aryl methyl sites for hydroxylation is 1. The molecule has 0 spiro atoms. The summed E-state index contributed by atoms with van der Waals surface area (Å²) in [5.74, 6) is -13.0. The Hall–Kier alpha value is -3.37. The summed E-state index contributed by atoms with van der Waals surface area (Å²) in [7, 11) is 1.72. The Balaban J connectivity index is 1.64. The molecule has 3 aromatic rings. The third-order valence-electron chi connectivity index (χ3n) is 3.61. The number of aromatic nitrogens is 2. The van der Waals surface area contributed by atoms with Crippen LogP contribution >= 0.6 is 0 Å². The number of ether oxygens (including phenoxy) is 1. The molecule has 0 bridgehead atoms. The fraction of sp³-hybridized carbons (Fsp3) is 0.176. The summed E-state index contributed by atoms with van der Waals surface area (Å²) in [6.07, 6.45) is 1.70. The highest BCUT2D eigenvalue weighted by molar-refractivity contribution is 5.91. The summed E-state index contributed by atoms with van der Waals surface area (Å²) in [5, 5.41) is 6.62. The maximum atomic E-state index is 13.6. The molecule has 1 N–H and O–H groups in total. The summed E-state index contributed by atoms with van der Waals surface area (Å²) < 4.78 is 77.8. The number of hydrogen-bond acceptors (Lipinski definition) is 4. The van der Waals surface area contributed by atoms with Gasteiger partial charge in [-0.05, 0) is 18.2 Å². The Labute approximate surface area is 154 Å². The van der Waals surface area contributed by atoms with Crippen molar-refractivity contribution in [2.45, 2.75) is 13.2 Å². The van der Waals surface area contributed by atoms with Crippen LogP contribution in [-0.2, 0) is 20.2 Å². The molecule has 0 radical (unpaired) electrons. The lowest BCUT2D eigenvalue weighted by molar-refractivity contribution is 0.0918. The van der Waals surface area contributed by atoms with E-state index in [1.54, 1.807) is 24.0 Å². The topological polar surface area (TPSA) is 69.3 Å². The van der Waals surface area contributed by atoms with Gasteiger partial charge < -0.3 is 14.5 Å². The summed E-state index contributed by atoms with van der Waals surface area (Å²) >= 11 is 0. The highest BCUT2D eigenvalue weighted by atomic mass is 19.2. The van der Waals surface area contributed by atoms with Crippen LogP contribution in [0.25, 0.3) is 0 Å². The number of benzene rings is 1. The van der Waals surface area contributed by atoms with E-state index in [9.17, 15) is 26.7 Å². The molecule has 2 aromatic heterocycles. The lowest BCUT2D eigenvalue weighted by Gasteiger charge is -2.09. The van der Waals surface area contributed by atoms with Crippen molar-refractivity contribution >= 4 is 5.91 Å². The van der Waals surface area contributed by atoms with Crippen molar-refractivity contribution in [3.05, 3.63) is 70.7 Å². The molecule has 0 fully saturated rings. The van der Waals surface area contributed by atoms with E-state index in [1.165, 1.54) is 12.1 Å². The molecule has 0 aliphatic carbocycles. The maximum absolute atomic E-state index is 13.6. The van der Waals surface area contributed by atoms with Crippen LogP contribution in [0.2, 0.25) is 0 Å². The Kier molecular flexibility index (Phi) is 5.34. The average molecular weight is 401 g/mol. The first kappa shape index (κ1) is 19.4. The molecule has 0 atom stereocenters. The predicted octanol–water partition coefficient (Wildman–Crippen LogP) is 3.22. The zero-order valence-corrected chi connectivity index (χ0v) is 14.2. The van der Waals surface area contributed by atoms with Gasteiger partial charge in [-0.3, -0.25) is 9.48 Å². The minimum Gasteiger partial charge on any atom is -0.479 e. The van der Waals surface area contributed by atoms with Crippen LogP contribution in [-0.4, -0.2) is 15.7 Å². The normalized spacial score (nSPS) is 10.9. The van der Waals surface area contributed by atoms with Crippen molar-refractivity contribution < 1.29 is 35.9 Å². The summed E-state index contributed by atoms with van der Waals surface area (Å²) in [5.41, 5.74) is 0.609. The molecule has 0 saturated heterocycles. The lowest BCUT2D eigenvalue weighted by Crippen LogP contribution is -2.22. The lowest BCUT2D eigenvalue weighted by atomic mass is 10.2. The largest absolute Gasteiger partial charge is 0.479 e. The fourth-order valence-electron chi connectivity index (χ4n) is 2.25. The minimum absolute atomic E-state index is 0.0630. The third kappa shape index (κ3) is 3.82. The number of halogens is 5. The third-order valence-corrected chi connectivity index (χ3v) is 3.61. The van der Waals surface area contributed by atoms with E-state index < -0.39 is 47.3 Å². The summed E-state index contributed by atoms with van der Waals surface area (Å²) in [6.45, 7) is -0.525. The van der Waals surface area contributed by atoms with Gasteiger partial charge in [0, 0.05) is 13.2 Å².